The largest absolute Gasteiger partial charge is 0.378 e. The minimum Gasteiger partial charge on any atom is -0.378 e. The average molecular weight is 290 g/mol. The van der Waals surface area contributed by atoms with Crippen LogP contribution in [0.3, 0.4) is 0 Å². The van der Waals surface area contributed by atoms with Crippen molar-refractivity contribution in [2.45, 2.75) is 38.1 Å². The van der Waals surface area contributed by atoms with Gasteiger partial charge in [-0.2, -0.15) is 0 Å². The molecule has 1 aromatic rings. The molecule has 2 fully saturated rings. The number of amides is 1. The van der Waals surface area contributed by atoms with Crippen LogP contribution in [0, 0.1) is 0 Å². The highest BCUT2D eigenvalue weighted by molar-refractivity contribution is 5.92. The lowest BCUT2D eigenvalue weighted by molar-refractivity contribution is 0.0299. The first-order chi connectivity index (χ1) is 10.3. The second-order valence-electron chi connectivity index (χ2n) is 5.65. The van der Waals surface area contributed by atoms with Crippen molar-refractivity contribution in [1.82, 2.24) is 14.9 Å². The van der Waals surface area contributed by atoms with Gasteiger partial charge in [0.05, 0.1) is 13.2 Å². The molecule has 1 N–H and O–H groups in total. The van der Waals surface area contributed by atoms with E-state index in [9.17, 15) is 4.79 Å². The Bertz CT molecular complexity index is 482. The molecule has 0 unspecified atom stereocenters. The molecule has 1 saturated heterocycles. The predicted octanol–water partition coefficient (Wildman–Crippen LogP) is 1.69. The second-order valence-corrected chi connectivity index (χ2v) is 5.65. The summed E-state index contributed by atoms with van der Waals surface area (Å²) in [6.45, 7) is 2.47. The standard InChI is InChI=1S/C15H22N4O2/c20-14(19-8-10-21-11-9-19)13-6-7-16-15(18-13)17-12-4-2-1-3-5-12/h6-7,12H,1-5,8-11H2,(H,16,17,18). The molecular formula is C15H22N4O2. The van der Waals surface area contributed by atoms with E-state index in [-0.39, 0.29) is 5.91 Å². The van der Waals surface area contributed by atoms with E-state index in [4.69, 9.17) is 4.74 Å². The lowest BCUT2D eigenvalue weighted by atomic mass is 9.96. The number of anilines is 1. The molecule has 0 aromatic carbocycles. The average Bonchev–Trinajstić information content (AvgIpc) is 2.56. The fourth-order valence-electron chi connectivity index (χ4n) is 2.91. The molecule has 3 rings (SSSR count). The van der Waals surface area contributed by atoms with Crippen molar-refractivity contribution in [2.24, 2.45) is 0 Å². The third-order valence-corrected chi connectivity index (χ3v) is 4.11. The molecule has 0 atom stereocenters. The monoisotopic (exact) mass is 290 g/mol. The summed E-state index contributed by atoms with van der Waals surface area (Å²) in [6.07, 6.45) is 7.80. The van der Waals surface area contributed by atoms with E-state index in [1.54, 1.807) is 17.2 Å². The van der Waals surface area contributed by atoms with Crippen LogP contribution in [-0.2, 0) is 4.74 Å². The van der Waals surface area contributed by atoms with Gasteiger partial charge in [-0.1, -0.05) is 19.3 Å². The van der Waals surface area contributed by atoms with Gasteiger partial charge in [0.15, 0.2) is 0 Å². The fraction of sp³-hybridized carbons (Fsp3) is 0.667. The Morgan fingerprint density at radius 2 is 2.00 bits per heavy atom. The molecule has 2 heterocycles. The third-order valence-electron chi connectivity index (χ3n) is 4.11. The number of hydrogen-bond acceptors (Lipinski definition) is 5. The molecule has 0 spiro atoms. The van der Waals surface area contributed by atoms with Gasteiger partial charge in [0.1, 0.15) is 5.69 Å². The summed E-state index contributed by atoms with van der Waals surface area (Å²) in [4.78, 5) is 22.8. The predicted molar refractivity (Wildman–Crippen MR) is 79.3 cm³/mol. The van der Waals surface area contributed by atoms with E-state index in [1.807, 2.05) is 0 Å². The van der Waals surface area contributed by atoms with Crippen LogP contribution in [0.5, 0.6) is 0 Å². The summed E-state index contributed by atoms with van der Waals surface area (Å²) in [6, 6.07) is 2.12. The van der Waals surface area contributed by atoms with Crippen molar-refractivity contribution in [3.63, 3.8) is 0 Å². The molecule has 1 aliphatic heterocycles. The zero-order valence-corrected chi connectivity index (χ0v) is 12.3. The van der Waals surface area contributed by atoms with E-state index >= 15 is 0 Å². The van der Waals surface area contributed by atoms with Crippen LogP contribution in [0.2, 0.25) is 0 Å². The molecule has 1 aromatic heterocycles. The highest BCUT2D eigenvalue weighted by Crippen LogP contribution is 2.20. The summed E-state index contributed by atoms with van der Waals surface area (Å²) in [5, 5.41) is 3.36. The van der Waals surface area contributed by atoms with Crippen LogP contribution in [0.4, 0.5) is 5.95 Å². The highest BCUT2D eigenvalue weighted by atomic mass is 16.5. The summed E-state index contributed by atoms with van der Waals surface area (Å²) in [5.74, 6) is 0.536. The van der Waals surface area contributed by atoms with Gasteiger partial charge < -0.3 is 15.0 Å². The molecule has 0 radical (unpaired) electrons. The number of carbonyl (C=O) groups is 1. The van der Waals surface area contributed by atoms with Gasteiger partial charge in [-0.25, -0.2) is 9.97 Å². The number of carbonyl (C=O) groups excluding carboxylic acids is 1. The van der Waals surface area contributed by atoms with Gasteiger partial charge in [-0.05, 0) is 18.9 Å². The minimum atomic E-state index is -0.0348. The maximum Gasteiger partial charge on any atom is 0.272 e. The van der Waals surface area contributed by atoms with Crippen molar-refractivity contribution in [2.75, 3.05) is 31.6 Å². The molecular weight excluding hydrogens is 268 g/mol. The zero-order valence-electron chi connectivity index (χ0n) is 12.3. The lowest BCUT2D eigenvalue weighted by Gasteiger charge is -2.26. The van der Waals surface area contributed by atoms with E-state index in [0.29, 0.717) is 44.0 Å². The van der Waals surface area contributed by atoms with Crippen molar-refractivity contribution in [3.8, 4) is 0 Å². The Balaban J connectivity index is 1.65. The molecule has 1 aliphatic carbocycles. The molecule has 21 heavy (non-hydrogen) atoms. The molecule has 1 amide bonds. The Morgan fingerprint density at radius 3 is 2.76 bits per heavy atom. The normalized spacial score (nSPS) is 20.3. The van der Waals surface area contributed by atoms with Gasteiger partial charge >= 0.3 is 0 Å². The van der Waals surface area contributed by atoms with Crippen LogP contribution in [0.15, 0.2) is 12.3 Å². The number of aromatic nitrogens is 2. The van der Waals surface area contributed by atoms with Gasteiger partial charge in [-0.15, -0.1) is 0 Å². The van der Waals surface area contributed by atoms with E-state index in [2.05, 4.69) is 15.3 Å². The fourth-order valence-corrected chi connectivity index (χ4v) is 2.91. The second kappa shape index (κ2) is 6.85. The summed E-state index contributed by atoms with van der Waals surface area (Å²) in [7, 11) is 0. The van der Waals surface area contributed by atoms with E-state index in [0.717, 1.165) is 12.8 Å². The van der Waals surface area contributed by atoms with Crippen molar-refractivity contribution < 1.29 is 9.53 Å². The smallest absolute Gasteiger partial charge is 0.272 e. The number of nitrogens with zero attached hydrogens (tertiary/aromatic N) is 3. The van der Waals surface area contributed by atoms with Crippen LogP contribution in [0.1, 0.15) is 42.6 Å². The van der Waals surface area contributed by atoms with Crippen molar-refractivity contribution in [1.29, 1.82) is 0 Å². The Kier molecular flexibility index (Phi) is 4.65. The Labute approximate surface area is 124 Å². The molecule has 1 saturated carbocycles. The maximum absolute atomic E-state index is 12.4. The Hall–Kier alpha value is -1.69. The first-order valence-corrected chi connectivity index (χ1v) is 7.79. The van der Waals surface area contributed by atoms with Crippen molar-refractivity contribution >= 4 is 11.9 Å². The quantitative estimate of drug-likeness (QED) is 0.917. The van der Waals surface area contributed by atoms with Crippen LogP contribution < -0.4 is 5.32 Å². The van der Waals surface area contributed by atoms with E-state index in [1.165, 1.54) is 19.3 Å². The minimum absolute atomic E-state index is 0.0348. The summed E-state index contributed by atoms with van der Waals surface area (Å²) >= 11 is 0. The number of nitrogens with one attached hydrogen (secondary N) is 1. The van der Waals surface area contributed by atoms with Gasteiger partial charge in [0.25, 0.3) is 5.91 Å². The van der Waals surface area contributed by atoms with Gasteiger partial charge in [0.2, 0.25) is 5.95 Å². The lowest BCUT2D eigenvalue weighted by Crippen LogP contribution is -2.41. The highest BCUT2D eigenvalue weighted by Gasteiger charge is 2.20. The van der Waals surface area contributed by atoms with Crippen LogP contribution in [-0.4, -0.2) is 53.1 Å². The Morgan fingerprint density at radius 1 is 1.24 bits per heavy atom. The van der Waals surface area contributed by atoms with Crippen molar-refractivity contribution in [3.05, 3.63) is 18.0 Å². The number of ether oxygens (including phenoxy) is 1. The summed E-state index contributed by atoms with van der Waals surface area (Å²) in [5.41, 5.74) is 0.463. The third kappa shape index (κ3) is 3.69. The molecule has 114 valence electrons. The zero-order chi connectivity index (χ0) is 14.5. The molecule has 6 heteroatoms. The SMILES string of the molecule is O=C(c1ccnc(NC2CCCCC2)n1)N1CCOCC1. The first kappa shape index (κ1) is 14.3. The molecule has 0 bridgehead atoms. The van der Waals surface area contributed by atoms with Gasteiger partial charge in [0, 0.05) is 25.3 Å². The number of rotatable bonds is 3. The topological polar surface area (TPSA) is 67.4 Å². The number of morpholine rings is 1. The van der Waals surface area contributed by atoms with E-state index < -0.39 is 0 Å². The van der Waals surface area contributed by atoms with Crippen LogP contribution >= 0.6 is 0 Å². The van der Waals surface area contributed by atoms with Crippen LogP contribution in [0.25, 0.3) is 0 Å². The number of hydrogen-bond donors (Lipinski definition) is 1. The molecule has 2 aliphatic rings. The summed E-state index contributed by atoms with van der Waals surface area (Å²) < 4.78 is 5.27. The van der Waals surface area contributed by atoms with Gasteiger partial charge in [-0.3, -0.25) is 4.79 Å². The first-order valence-electron chi connectivity index (χ1n) is 7.79. The maximum atomic E-state index is 12.4. The molecule has 6 nitrogen and oxygen atoms in total.